The highest BCUT2D eigenvalue weighted by molar-refractivity contribution is 6.30. The molecular formula is C18H13ClF3N3O2. The van der Waals surface area contributed by atoms with Gasteiger partial charge in [-0.2, -0.15) is 13.2 Å². The second kappa shape index (κ2) is 7.79. The number of nitrogens with zero attached hydrogens (tertiary/aromatic N) is 2. The van der Waals surface area contributed by atoms with Crippen molar-refractivity contribution in [3.63, 3.8) is 0 Å². The molecule has 3 rings (SSSR count). The number of benzene rings is 2. The number of rotatable bonds is 5. The van der Waals surface area contributed by atoms with Crippen LogP contribution < -0.4 is 5.32 Å². The van der Waals surface area contributed by atoms with Gasteiger partial charge >= 0.3 is 6.18 Å². The van der Waals surface area contributed by atoms with Crippen molar-refractivity contribution in [2.45, 2.75) is 19.0 Å². The summed E-state index contributed by atoms with van der Waals surface area (Å²) >= 11 is 5.82. The molecule has 1 N–H and O–H groups in total. The molecular weight excluding hydrogens is 383 g/mol. The molecule has 140 valence electrons. The van der Waals surface area contributed by atoms with E-state index >= 15 is 0 Å². The van der Waals surface area contributed by atoms with Crippen molar-refractivity contribution in [1.29, 1.82) is 0 Å². The van der Waals surface area contributed by atoms with E-state index < -0.39 is 17.6 Å². The van der Waals surface area contributed by atoms with Crippen LogP contribution in [0.25, 0.3) is 11.5 Å². The lowest BCUT2D eigenvalue weighted by Gasteiger charge is -2.09. The highest BCUT2D eigenvalue weighted by Crippen LogP contribution is 2.30. The number of carbonyl (C=O) groups excluding carboxylic acids is 1. The summed E-state index contributed by atoms with van der Waals surface area (Å²) < 4.78 is 43.6. The number of halogens is 4. The molecule has 3 aromatic rings. The van der Waals surface area contributed by atoms with Gasteiger partial charge in [0.2, 0.25) is 17.7 Å². The molecule has 0 saturated heterocycles. The number of aromatic nitrogens is 2. The summed E-state index contributed by atoms with van der Waals surface area (Å²) in [6, 6.07) is 11.2. The topological polar surface area (TPSA) is 68.0 Å². The summed E-state index contributed by atoms with van der Waals surface area (Å²) in [6.07, 6.45) is -4.33. The number of anilines is 1. The number of hydrogen-bond acceptors (Lipinski definition) is 4. The maximum Gasteiger partial charge on any atom is 0.416 e. The second-order valence-electron chi connectivity index (χ2n) is 5.63. The first-order valence-electron chi connectivity index (χ1n) is 7.87. The van der Waals surface area contributed by atoms with E-state index in [0.717, 1.165) is 12.1 Å². The van der Waals surface area contributed by atoms with Gasteiger partial charge in [-0.15, -0.1) is 10.2 Å². The van der Waals surface area contributed by atoms with Gasteiger partial charge < -0.3 is 9.73 Å². The van der Waals surface area contributed by atoms with Crippen molar-refractivity contribution >= 4 is 23.2 Å². The summed E-state index contributed by atoms with van der Waals surface area (Å²) in [6.45, 7) is 0. The van der Waals surface area contributed by atoms with Gasteiger partial charge in [-0.1, -0.05) is 17.7 Å². The first-order chi connectivity index (χ1) is 12.8. The van der Waals surface area contributed by atoms with Crippen LogP contribution in [0.5, 0.6) is 0 Å². The van der Waals surface area contributed by atoms with Gasteiger partial charge in [0.1, 0.15) is 0 Å². The van der Waals surface area contributed by atoms with Crippen LogP contribution in [0, 0.1) is 0 Å². The number of amides is 1. The molecule has 1 aromatic heterocycles. The monoisotopic (exact) mass is 395 g/mol. The average Bonchev–Trinajstić information content (AvgIpc) is 3.09. The zero-order valence-electron chi connectivity index (χ0n) is 13.8. The van der Waals surface area contributed by atoms with Crippen molar-refractivity contribution in [1.82, 2.24) is 10.2 Å². The Balaban J connectivity index is 1.58. The van der Waals surface area contributed by atoms with Crippen molar-refractivity contribution in [2.24, 2.45) is 0 Å². The number of alkyl halides is 3. The van der Waals surface area contributed by atoms with Gasteiger partial charge in [-0.05, 0) is 42.5 Å². The molecule has 2 aromatic carbocycles. The van der Waals surface area contributed by atoms with E-state index in [0.29, 0.717) is 16.5 Å². The average molecular weight is 396 g/mol. The molecule has 0 aliphatic rings. The molecule has 0 radical (unpaired) electrons. The maximum atomic E-state index is 12.7. The summed E-state index contributed by atoms with van der Waals surface area (Å²) in [5, 5.41) is 10.8. The number of carbonyl (C=O) groups is 1. The first-order valence-corrected chi connectivity index (χ1v) is 8.24. The van der Waals surface area contributed by atoms with Crippen molar-refractivity contribution < 1.29 is 22.4 Å². The fourth-order valence-corrected chi connectivity index (χ4v) is 2.41. The van der Waals surface area contributed by atoms with Crippen molar-refractivity contribution in [2.75, 3.05) is 5.32 Å². The summed E-state index contributed by atoms with van der Waals surface area (Å²) in [7, 11) is 0. The molecule has 1 heterocycles. The minimum atomic E-state index is -4.47. The molecule has 0 unspecified atom stereocenters. The molecule has 0 aliphatic heterocycles. The van der Waals surface area contributed by atoms with Gasteiger partial charge in [-0.3, -0.25) is 4.79 Å². The predicted octanol–water partition coefficient (Wildman–Crippen LogP) is 4.98. The Morgan fingerprint density at radius 3 is 2.56 bits per heavy atom. The summed E-state index contributed by atoms with van der Waals surface area (Å²) in [4.78, 5) is 12.0. The third-order valence-corrected chi connectivity index (χ3v) is 3.85. The highest BCUT2D eigenvalue weighted by atomic mass is 35.5. The Hall–Kier alpha value is -2.87. The highest BCUT2D eigenvalue weighted by Gasteiger charge is 2.30. The minimum Gasteiger partial charge on any atom is -0.421 e. The molecule has 9 heteroatoms. The predicted molar refractivity (Wildman–Crippen MR) is 93.1 cm³/mol. The maximum absolute atomic E-state index is 12.7. The van der Waals surface area contributed by atoms with Crippen LogP contribution in [0.15, 0.2) is 52.9 Å². The van der Waals surface area contributed by atoms with Crippen LogP contribution in [0.4, 0.5) is 18.9 Å². The Morgan fingerprint density at radius 2 is 1.85 bits per heavy atom. The van der Waals surface area contributed by atoms with Crippen LogP contribution >= 0.6 is 11.6 Å². The Kier molecular flexibility index (Phi) is 5.46. The van der Waals surface area contributed by atoms with Gasteiger partial charge in [-0.25, -0.2) is 0 Å². The molecule has 5 nitrogen and oxygen atoms in total. The van der Waals surface area contributed by atoms with Crippen molar-refractivity contribution in [3.8, 4) is 11.5 Å². The van der Waals surface area contributed by atoms with Gasteiger partial charge in [0.15, 0.2) is 0 Å². The van der Waals surface area contributed by atoms with E-state index in [4.69, 9.17) is 16.0 Å². The Labute approximate surface area is 157 Å². The fourth-order valence-electron chi connectivity index (χ4n) is 2.28. The molecule has 0 spiro atoms. The molecule has 0 atom stereocenters. The smallest absolute Gasteiger partial charge is 0.416 e. The SMILES string of the molecule is O=C(CCc1nnc(-c2ccc(Cl)cc2)o1)Nc1cccc(C(F)(F)F)c1. The lowest BCUT2D eigenvalue weighted by Crippen LogP contribution is -2.13. The number of nitrogens with one attached hydrogen (secondary N) is 1. The summed E-state index contributed by atoms with van der Waals surface area (Å²) in [5.41, 5.74) is -0.0708. The second-order valence-corrected chi connectivity index (χ2v) is 6.07. The van der Waals surface area contributed by atoms with Crippen LogP contribution in [-0.2, 0) is 17.4 Å². The lowest BCUT2D eigenvalue weighted by molar-refractivity contribution is -0.137. The third-order valence-electron chi connectivity index (χ3n) is 3.60. The fraction of sp³-hybridized carbons (Fsp3) is 0.167. The number of hydrogen-bond donors (Lipinski definition) is 1. The quantitative estimate of drug-likeness (QED) is 0.661. The Bertz CT molecular complexity index is 940. The van der Waals surface area contributed by atoms with Crippen LogP contribution in [0.3, 0.4) is 0 Å². The van der Waals surface area contributed by atoms with Gasteiger partial charge in [0.25, 0.3) is 0 Å². The minimum absolute atomic E-state index is 0.0154. The van der Waals surface area contributed by atoms with Crippen molar-refractivity contribution in [3.05, 3.63) is 65.0 Å². The standard InChI is InChI=1S/C18H13ClF3N3O2/c19-13-6-4-11(5-7-13)17-25-24-16(27-17)9-8-15(26)23-14-3-1-2-12(10-14)18(20,21)22/h1-7,10H,8-9H2,(H,23,26). The lowest BCUT2D eigenvalue weighted by atomic mass is 10.2. The van der Waals surface area contributed by atoms with Gasteiger partial charge in [0, 0.05) is 29.1 Å². The zero-order chi connectivity index (χ0) is 19.4. The molecule has 0 bridgehead atoms. The van der Waals surface area contributed by atoms with Crippen LogP contribution in [0.1, 0.15) is 17.9 Å². The van der Waals surface area contributed by atoms with Crippen LogP contribution in [-0.4, -0.2) is 16.1 Å². The number of aryl methyl sites for hydroxylation is 1. The largest absolute Gasteiger partial charge is 0.421 e. The van der Waals surface area contributed by atoms with E-state index in [-0.39, 0.29) is 24.4 Å². The van der Waals surface area contributed by atoms with Crippen LogP contribution in [0.2, 0.25) is 5.02 Å². The van der Waals surface area contributed by atoms with E-state index in [1.165, 1.54) is 12.1 Å². The van der Waals surface area contributed by atoms with E-state index in [2.05, 4.69) is 15.5 Å². The molecule has 1 amide bonds. The van der Waals surface area contributed by atoms with E-state index in [1.54, 1.807) is 24.3 Å². The molecule has 0 aliphatic carbocycles. The zero-order valence-corrected chi connectivity index (χ0v) is 14.5. The third kappa shape index (κ3) is 5.07. The van der Waals surface area contributed by atoms with E-state index in [9.17, 15) is 18.0 Å². The first kappa shape index (κ1) is 18.9. The van der Waals surface area contributed by atoms with Gasteiger partial charge in [0.05, 0.1) is 5.56 Å². The molecule has 0 fully saturated rings. The normalized spacial score (nSPS) is 11.4. The molecule has 27 heavy (non-hydrogen) atoms. The Morgan fingerprint density at radius 1 is 1.11 bits per heavy atom. The van der Waals surface area contributed by atoms with E-state index in [1.807, 2.05) is 0 Å². The summed E-state index contributed by atoms with van der Waals surface area (Å²) in [5.74, 6) is 0.0830. The molecule has 0 saturated carbocycles.